The second-order valence-electron chi connectivity index (χ2n) is 8.00. The van der Waals surface area contributed by atoms with Crippen LogP contribution in [0.3, 0.4) is 0 Å². The zero-order chi connectivity index (χ0) is 19.0. The fourth-order valence-electron chi connectivity index (χ4n) is 4.38. The highest BCUT2D eigenvalue weighted by atomic mass is 16.5. The molecule has 4 unspecified atom stereocenters. The molecule has 3 N–H and O–H groups in total. The van der Waals surface area contributed by atoms with Crippen molar-refractivity contribution in [3.63, 3.8) is 0 Å². The molecule has 0 amide bonds. The van der Waals surface area contributed by atoms with E-state index in [1.807, 2.05) is 44.2 Å². The number of ketones is 1. The molecule has 0 saturated heterocycles. The molecule has 1 aromatic carbocycles. The third-order valence-corrected chi connectivity index (χ3v) is 5.87. The van der Waals surface area contributed by atoms with Gasteiger partial charge in [0.05, 0.1) is 0 Å². The summed E-state index contributed by atoms with van der Waals surface area (Å²) in [5.41, 5.74) is 4.11. The zero-order valence-electron chi connectivity index (χ0n) is 16.0. The second-order valence-corrected chi connectivity index (χ2v) is 8.00. The maximum absolute atomic E-state index is 12.7. The first-order valence-corrected chi connectivity index (χ1v) is 9.88. The molecule has 0 spiro atoms. The van der Waals surface area contributed by atoms with Crippen LogP contribution >= 0.6 is 0 Å². The molecular weight excluding hydrogens is 340 g/mol. The van der Waals surface area contributed by atoms with Gasteiger partial charge in [0, 0.05) is 35.5 Å². The summed E-state index contributed by atoms with van der Waals surface area (Å²) in [6, 6.07) is 9.85. The molecule has 0 radical (unpaired) electrons. The van der Waals surface area contributed by atoms with Crippen molar-refractivity contribution in [3.8, 4) is 5.75 Å². The molecule has 5 nitrogen and oxygen atoms in total. The third kappa shape index (κ3) is 3.80. The first kappa shape index (κ1) is 18.3. The van der Waals surface area contributed by atoms with E-state index in [1.165, 1.54) is 0 Å². The second kappa shape index (κ2) is 7.49. The van der Waals surface area contributed by atoms with Gasteiger partial charge in [0.2, 0.25) is 0 Å². The number of rotatable bonds is 5. The Morgan fingerprint density at radius 3 is 2.89 bits per heavy atom. The van der Waals surface area contributed by atoms with Crippen LogP contribution in [0.15, 0.2) is 30.3 Å². The van der Waals surface area contributed by atoms with E-state index in [0.717, 1.165) is 53.9 Å². The van der Waals surface area contributed by atoms with Crippen LogP contribution in [0, 0.1) is 19.8 Å². The van der Waals surface area contributed by atoms with E-state index in [2.05, 4.69) is 10.3 Å². The number of benzene rings is 1. The Balaban J connectivity index is 1.32. The normalized spacial score (nSPS) is 27.6. The van der Waals surface area contributed by atoms with Gasteiger partial charge in [-0.15, -0.1) is 0 Å². The predicted molar refractivity (Wildman–Crippen MR) is 104 cm³/mol. The number of carbonyl (C=O) groups excluding carboxylic acids is 1. The Morgan fingerprint density at radius 1 is 1.22 bits per heavy atom. The minimum Gasteiger partial charge on any atom is -0.488 e. The Labute approximate surface area is 160 Å². The molecule has 144 valence electrons. The molecule has 1 aromatic heterocycles. The van der Waals surface area contributed by atoms with E-state index in [9.17, 15) is 9.90 Å². The lowest BCUT2D eigenvalue weighted by atomic mass is 9.86. The van der Waals surface area contributed by atoms with E-state index in [4.69, 9.17) is 4.74 Å². The van der Waals surface area contributed by atoms with E-state index < -0.39 is 6.10 Å². The van der Waals surface area contributed by atoms with Crippen LogP contribution in [0.4, 0.5) is 0 Å². The van der Waals surface area contributed by atoms with Crippen LogP contribution in [0.1, 0.15) is 46.6 Å². The first-order valence-electron chi connectivity index (χ1n) is 9.88. The van der Waals surface area contributed by atoms with Crippen molar-refractivity contribution < 1.29 is 14.6 Å². The molecule has 1 heterocycles. The highest BCUT2D eigenvalue weighted by Crippen LogP contribution is 2.28. The molecule has 0 bridgehead atoms. The summed E-state index contributed by atoms with van der Waals surface area (Å²) in [4.78, 5) is 16.0. The molecule has 2 aromatic rings. The van der Waals surface area contributed by atoms with Crippen molar-refractivity contribution in [2.45, 2.75) is 57.8 Å². The van der Waals surface area contributed by atoms with Crippen molar-refractivity contribution in [2.75, 3.05) is 6.54 Å². The Morgan fingerprint density at radius 2 is 2.07 bits per heavy atom. The monoisotopic (exact) mass is 368 g/mol. The fourth-order valence-corrected chi connectivity index (χ4v) is 4.38. The number of carbonyl (C=O) groups is 1. The topological polar surface area (TPSA) is 74.3 Å². The summed E-state index contributed by atoms with van der Waals surface area (Å²) in [5.74, 6) is 1.00. The summed E-state index contributed by atoms with van der Waals surface area (Å²) in [7, 11) is 0. The molecule has 4 rings (SSSR count). The molecule has 5 heteroatoms. The Hall–Kier alpha value is -2.11. The SMILES string of the molecule is Cc1cccc(OC2CCC(NCC3CCc4[nH]c(C)cc4C3=O)C2O)c1. The standard InChI is InChI=1S/C22H28N2O3/c1-13-4-3-5-16(10-13)27-20-9-8-19(22(20)26)23-12-15-6-7-18-17(21(15)25)11-14(2)24-18/h3-5,10-11,15,19-20,22-24,26H,6-9,12H2,1-2H3. The number of aliphatic hydroxyl groups excluding tert-OH is 1. The fraction of sp³-hybridized carbons (Fsp3) is 0.500. The smallest absolute Gasteiger partial charge is 0.169 e. The predicted octanol–water partition coefficient (Wildman–Crippen LogP) is 2.94. The van der Waals surface area contributed by atoms with E-state index >= 15 is 0 Å². The van der Waals surface area contributed by atoms with Crippen molar-refractivity contribution in [1.29, 1.82) is 0 Å². The maximum Gasteiger partial charge on any atom is 0.169 e. The summed E-state index contributed by atoms with van der Waals surface area (Å²) in [6.45, 7) is 4.63. The van der Waals surface area contributed by atoms with Gasteiger partial charge in [-0.2, -0.15) is 0 Å². The van der Waals surface area contributed by atoms with Gasteiger partial charge < -0.3 is 20.1 Å². The Bertz CT molecular complexity index is 829. The van der Waals surface area contributed by atoms with Gasteiger partial charge in [-0.3, -0.25) is 4.79 Å². The molecule has 1 saturated carbocycles. The number of nitrogens with one attached hydrogen (secondary N) is 2. The minimum atomic E-state index is -0.561. The van der Waals surface area contributed by atoms with Crippen molar-refractivity contribution >= 4 is 5.78 Å². The van der Waals surface area contributed by atoms with Gasteiger partial charge in [-0.05, 0) is 63.3 Å². The minimum absolute atomic E-state index is 0.0170. The quantitative estimate of drug-likeness (QED) is 0.759. The van der Waals surface area contributed by atoms with Crippen molar-refractivity contribution in [2.24, 2.45) is 5.92 Å². The number of H-pyrrole nitrogens is 1. The number of hydrogen-bond acceptors (Lipinski definition) is 4. The number of fused-ring (bicyclic) bond motifs is 1. The molecule has 1 fully saturated rings. The summed E-state index contributed by atoms with van der Waals surface area (Å²) >= 11 is 0. The average molecular weight is 368 g/mol. The van der Waals surface area contributed by atoms with Crippen LogP contribution in [0.2, 0.25) is 0 Å². The van der Waals surface area contributed by atoms with Crippen LogP contribution < -0.4 is 10.1 Å². The van der Waals surface area contributed by atoms with Crippen LogP contribution in [-0.4, -0.2) is 40.7 Å². The highest BCUT2D eigenvalue weighted by molar-refractivity contribution is 6.00. The van der Waals surface area contributed by atoms with Gasteiger partial charge in [0.25, 0.3) is 0 Å². The largest absolute Gasteiger partial charge is 0.488 e. The van der Waals surface area contributed by atoms with Crippen LogP contribution in [0.25, 0.3) is 0 Å². The lowest BCUT2D eigenvalue weighted by Gasteiger charge is -2.25. The molecule has 4 atom stereocenters. The number of aromatic nitrogens is 1. The number of hydrogen-bond donors (Lipinski definition) is 3. The van der Waals surface area contributed by atoms with Gasteiger partial charge in [-0.1, -0.05) is 12.1 Å². The molecule has 2 aliphatic rings. The number of Topliss-reactive ketones (excluding diaryl/α,β-unsaturated/α-hetero) is 1. The van der Waals surface area contributed by atoms with E-state index in [-0.39, 0.29) is 23.8 Å². The summed E-state index contributed by atoms with van der Waals surface area (Å²) < 4.78 is 6.00. The van der Waals surface area contributed by atoms with Crippen molar-refractivity contribution in [3.05, 3.63) is 52.8 Å². The average Bonchev–Trinajstić information content (AvgIpc) is 3.18. The molecular formula is C22H28N2O3. The molecule has 0 aliphatic heterocycles. The van der Waals surface area contributed by atoms with E-state index in [0.29, 0.717) is 6.54 Å². The number of aromatic amines is 1. The summed E-state index contributed by atoms with van der Waals surface area (Å²) in [5, 5.41) is 14.1. The number of ether oxygens (including phenoxy) is 1. The van der Waals surface area contributed by atoms with E-state index in [1.54, 1.807) is 0 Å². The molecule has 27 heavy (non-hydrogen) atoms. The van der Waals surface area contributed by atoms with Gasteiger partial charge in [0.1, 0.15) is 18.0 Å². The van der Waals surface area contributed by atoms with Crippen molar-refractivity contribution in [1.82, 2.24) is 10.3 Å². The zero-order valence-corrected chi connectivity index (χ0v) is 16.0. The lowest BCUT2D eigenvalue weighted by molar-refractivity contribution is 0.0441. The third-order valence-electron chi connectivity index (χ3n) is 5.87. The first-order chi connectivity index (χ1) is 13.0. The Kier molecular flexibility index (Phi) is 5.06. The lowest BCUT2D eigenvalue weighted by Crippen LogP contribution is -2.44. The van der Waals surface area contributed by atoms with Crippen LogP contribution in [0.5, 0.6) is 5.75 Å². The maximum atomic E-state index is 12.7. The molecule has 2 aliphatic carbocycles. The van der Waals surface area contributed by atoms with Gasteiger partial charge in [0.15, 0.2) is 5.78 Å². The highest BCUT2D eigenvalue weighted by Gasteiger charge is 2.37. The van der Waals surface area contributed by atoms with Crippen LogP contribution in [-0.2, 0) is 6.42 Å². The summed E-state index contributed by atoms with van der Waals surface area (Å²) in [6.07, 6.45) is 2.66. The number of aliphatic hydroxyl groups is 1. The van der Waals surface area contributed by atoms with Gasteiger partial charge >= 0.3 is 0 Å². The number of aryl methyl sites for hydroxylation is 3. The van der Waals surface area contributed by atoms with Gasteiger partial charge in [-0.25, -0.2) is 0 Å².